The molecule has 3 aromatic rings. The normalized spacial score (nSPS) is 24.9. The van der Waals surface area contributed by atoms with E-state index in [4.69, 9.17) is 0 Å². The highest BCUT2D eigenvalue weighted by molar-refractivity contribution is 6.08. The second-order valence-corrected chi connectivity index (χ2v) is 9.60. The number of rotatable bonds is 3. The van der Waals surface area contributed by atoms with E-state index in [1.54, 1.807) is 17.1 Å². The topological polar surface area (TPSA) is 95.9 Å². The number of nitrogens with one attached hydrogen (secondary N) is 2. The third kappa shape index (κ3) is 2.96. The first-order valence-electron chi connectivity index (χ1n) is 11.8. The van der Waals surface area contributed by atoms with Crippen LogP contribution in [0.5, 0.6) is 0 Å². The molecule has 1 aromatic carbocycles. The molecule has 1 saturated carbocycles. The van der Waals surface area contributed by atoms with Gasteiger partial charge in [-0.2, -0.15) is 10.2 Å². The minimum atomic E-state index is -0.829. The molecule has 1 saturated heterocycles. The monoisotopic (exact) mass is 444 g/mol. The third-order valence-corrected chi connectivity index (χ3v) is 7.80. The molecule has 8 heteroatoms. The second-order valence-electron chi connectivity index (χ2n) is 9.60. The average molecular weight is 445 g/mol. The van der Waals surface area contributed by atoms with Gasteiger partial charge in [0.25, 0.3) is 5.91 Å². The van der Waals surface area contributed by atoms with Crippen molar-refractivity contribution >= 4 is 17.5 Å². The molecular formula is C25H28N6O2. The zero-order valence-electron chi connectivity index (χ0n) is 18.8. The Labute approximate surface area is 192 Å². The van der Waals surface area contributed by atoms with Crippen molar-refractivity contribution in [3.05, 3.63) is 65.2 Å². The maximum Gasteiger partial charge on any atom is 0.257 e. The van der Waals surface area contributed by atoms with Gasteiger partial charge in [0.15, 0.2) is 0 Å². The fourth-order valence-electron chi connectivity index (χ4n) is 6.27. The lowest BCUT2D eigenvalue weighted by atomic mass is 9.73. The summed E-state index contributed by atoms with van der Waals surface area (Å²) in [6.45, 7) is 0.495. The van der Waals surface area contributed by atoms with E-state index in [0.29, 0.717) is 24.4 Å². The summed E-state index contributed by atoms with van der Waals surface area (Å²) in [7, 11) is 1.86. The van der Waals surface area contributed by atoms with Crippen LogP contribution in [0.2, 0.25) is 0 Å². The number of carbonyl (C=O) groups excluding carboxylic acids is 2. The van der Waals surface area contributed by atoms with Gasteiger partial charge < -0.3 is 10.2 Å². The Hall–Kier alpha value is -3.42. The molecule has 170 valence electrons. The fraction of sp³-hybridized carbons (Fsp3) is 0.440. The number of hydrogen-bond donors (Lipinski definition) is 2. The number of nitrogens with zero attached hydrogens (tertiary/aromatic N) is 4. The van der Waals surface area contributed by atoms with Gasteiger partial charge >= 0.3 is 0 Å². The van der Waals surface area contributed by atoms with Crippen molar-refractivity contribution in [1.82, 2.24) is 24.9 Å². The van der Waals surface area contributed by atoms with Gasteiger partial charge in [0.05, 0.1) is 29.7 Å². The Morgan fingerprint density at radius 1 is 1.15 bits per heavy atom. The summed E-state index contributed by atoms with van der Waals surface area (Å²) in [6, 6.07) is 7.40. The molecule has 0 radical (unpaired) electrons. The van der Waals surface area contributed by atoms with Gasteiger partial charge in [0.2, 0.25) is 5.91 Å². The molecule has 2 N–H and O–H groups in total. The summed E-state index contributed by atoms with van der Waals surface area (Å²) in [4.78, 5) is 29.4. The largest absolute Gasteiger partial charge is 0.330 e. The van der Waals surface area contributed by atoms with Gasteiger partial charge in [-0.3, -0.25) is 19.4 Å². The maximum atomic E-state index is 14.0. The van der Waals surface area contributed by atoms with E-state index in [9.17, 15) is 9.59 Å². The van der Waals surface area contributed by atoms with Gasteiger partial charge in [-0.05, 0) is 30.9 Å². The highest BCUT2D eigenvalue weighted by atomic mass is 16.2. The summed E-state index contributed by atoms with van der Waals surface area (Å²) >= 11 is 0. The summed E-state index contributed by atoms with van der Waals surface area (Å²) in [5, 5.41) is 14.8. The molecule has 33 heavy (non-hydrogen) atoms. The molecule has 3 aliphatic rings. The van der Waals surface area contributed by atoms with Crippen LogP contribution >= 0.6 is 0 Å². The van der Waals surface area contributed by atoms with E-state index in [-0.39, 0.29) is 11.8 Å². The Bertz CT molecular complexity index is 1220. The average Bonchev–Trinajstić information content (AvgIpc) is 3.61. The van der Waals surface area contributed by atoms with Crippen LogP contribution in [0.4, 0.5) is 5.69 Å². The van der Waals surface area contributed by atoms with E-state index in [0.717, 1.165) is 35.3 Å². The van der Waals surface area contributed by atoms with Gasteiger partial charge in [-0.15, -0.1) is 0 Å². The van der Waals surface area contributed by atoms with E-state index >= 15 is 0 Å². The number of H-pyrrole nitrogens is 1. The van der Waals surface area contributed by atoms with Crippen molar-refractivity contribution in [3.8, 4) is 0 Å². The SMILES string of the molecule is Cn1cc(C2N(C(=O)c3cn[nH]c3C3CCCCC3)CCC23C(=O)Nc2ccccc23)cn1. The number of aryl methyl sites for hydroxylation is 1. The lowest BCUT2D eigenvalue weighted by Crippen LogP contribution is -2.42. The fourth-order valence-corrected chi connectivity index (χ4v) is 6.27. The van der Waals surface area contributed by atoms with Crippen molar-refractivity contribution in [2.24, 2.45) is 7.05 Å². The van der Waals surface area contributed by atoms with Crippen molar-refractivity contribution in [2.75, 3.05) is 11.9 Å². The standard InChI is InChI=1S/C25H28N6O2/c1-30-15-17(13-27-30)22-25(19-9-5-6-10-20(19)28-24(25)33)11-12-31(22)23(32)18-14-26-29-21(18)16-7-3-2-4-8-16/h5-6,9-10,13-16,22H,2-4,7-8,11-12H2,1H3,(H,26,29)(H,28,33). The molecule has 0 bridgehead atoms. The number of aromatic amines is 1. The number of amides is 2. The van der Waals surface area contributed by atoms with Gasteiger partial charge in [-0.25, -0.2) is 0 Å². The molecule has 2 amide bonds. The molecule has 2 aliphatic heterocycles. The third-order valence-electron chi connectivity index (χ3n) is 7.80. The number of aromatic nitrogens is 4. The lowest BCUT2D eigenvalue weighted by Gasteiger charge is -2.33. The van der Waals surface area contributed by atoms with E-state index in [2.05, 4.69) is 20.6 Å². The number of anilines is 1. The van der Waals surface area contributed by atoms with E-state index in [1.165, 1.54) is 19.3 Å². The van der Waals surface area contributed by atoms with Crippen molar-refractivity contribution in [2.45, 2.75) is 55.9 Å². The molecule has 6 rings (SSSR count). The quantitative estimate of drug-likeness (QED) is 0.644. The first kappa shape index (κ1) is 20.2. The number of benzene rings is 1. The van der Waals surface area contributed by atoms with Gasteiger partial charge in [0.1, 0.15) is 5.41 Å². The molecule has 1 aliphatic carbocycles. The van der Waals surface area contributed by atoms with Crippen LogP contribution in [-0.2, 0) is 17.3 Å². The Morgan fingerprint density at radius 3 is 2.76 bits per heavy atom. The smallest absolute Gasteiger partial charge is 0.257 e. The van der Waals surface area contributed by atoms with Crippen molar-refractivity contribution in [3.63, 3.8) is 0 Å². The molecule has 2 aromatic heterocycles. The van der Waals surface area contributed by atoms with E-state index < -0.39 is 11.5 Å². The first-order chi connectivity index (χ1) is 16.1. The molecule has 2 unspecified atom stereocenters. The predicted octanol–water partition coefficient (Wildman–Crippen LogP) is 3.67. The van der Waals surface area contributed by atoms with Crippen LogP contribution in [0.3, 0.4) is 0 Å². The summed E-state index contributed by atoms with van der Waals surface area (Å²) in [5.41, 5.74) is 3.42. The predicted molar refractivity (Wildman–Crippen MR) is 123 cm³/mol. The second kappa shape index (κ2) is 7.57. The Morgan fingerprint density at radius 2 is 1.97 bits per heavy atom. The highest BCUT2D eigenvalue weighted by Gasteiger charge is 2.59. The molecular weight excluding hydrogens is 416 g/mol. The van der Waals surface area contributed by atoms with Crippen LogP contribution < -0.4 is 5.32 Å². The number of para-hydroxylation sites is 1. The number of carbonyl (C=O) groups is 2. The van der Waals surface area contributed by atoms with Crippen molar-refractivity contribution in [1.29, 1.82) is 0 Å². The molecule has 2 atom stereocenters. The van der Waals surface area contributed by atoms with Crippen molar-refractivity contribution < 1.29 is 9.59 Å². The first-order valence-corrected chi connectivity index (χ1v) is 11.8. The number of fused-ring (bicyclic) bond motifs is 2. The summed E-state index contributed by atoms with van der Waals surface area (Å²) in [5.74, 6) is 0.226. The highest BCUT2D eigenvalue weighted by Crippen LogP contribution is 2.55. The minimum absolute atomic E-state index is 0.0486. The number of hydrogen-bond acceptors (Lipinski definition) is 4. The molecule has 2 fully saturated rings. The Kier molecular flexibility index (Phi) is 4.64. The van der Waals surface area contributed by atoms with E-state index in [1.807, 2.05) is 42.4 Å². The van der Waals surface area contributed by atoms with Crippen LogP contribution in [0.15, 0.2) is 42.9 Å². The minimum Gasteiger partial charge on any atom is -0.330 e. The summed E-state index contributed by atoms with van der Waals surface area (Å²) in [6.07, 6.45) is 11.7. The maximum absolute atomic E-state index is 14.0. The van der Waals surface area contributed by atoms with Crippen LogP contribution in [0.1, 0.15) is 77.7 Å². The zero-order chi connectivity index (χ0) is 22.6. The summed E-state index contributed by atoms with van der Waals surface area (Å²) < 4.78 is 1.73. The van der Waals surface area contributed by atoms with Crippen LogP contribution in [-0.4, -0.2) is 43.2 Å². The number of likely N-dealkylation sites (tertiary alicyclic amines) is 1. The van der Waals surface area contributed by atoms with Crippen LogP contribution in [0.25, 0.3) is 0 Å². The lowest BCUT2D eigenvalue weighted by molar-refractivity contribution is -0.121. The molecule has 8 nitrogen and oxygen atoms in total. The Balaban J connectivity index is 1.44. The van der Waals surface area contributed by atoms with Gasteiger partial charge in [-0.1, -0.05) is 37.5 Å². The van der Waals surface area contributed by atoms with Crippen LogP contribution in [0, 0.1) is 0 Å². The zero-order valence-corrected chi connectivity index (χ0v) is 18.8. The van der Waals surface area contributed by atoms with Gasteiger partial charge in [0, 0.05) is 37.0 Å². The molecule has 4 heterocycles. The molecule has 1 spiro atoms.